The van der Waals surface area contributed by atoms with Gasteiger partial charge in [0.2, 0.25) is 0 Å². The van der Waals surface area contributed by atoms with Gasteiger partial charge in [0.05, 0.1) is 7.11 Å². The third-order valence-corrected chi connectivity index (χ3v) is 2.97. The zero-order valence-corrected chi connectivity index (χ0v) is 10.7. The van der Waals surface area contributed by atoms with Crippen molar-refractivity contribution in [1.29, 1.82) is 0 Å². The predicted molar refractivity (Wildman–Crippen MR) is 70.9 cm³/mol. The number of hydrogen-bond acceptors (Lipinski definition) is 2. The van der Waals surface area contributed by atoms with Crippen molar-refractivity contribution in [3.8, 4) is 11.5 Å². The summed E-state index contributed by atoms with van der Waals surface area (Å²) in [7, 11) is 1.64. The third kappa shape index (κ3) is 2.21. The molecule has 0 aliphatic rings. The van der Waals surface area contributed by atoms with Crippen molar-refractivity contribution in [2.45, 2.75) is 26.2 Å². The molecule has 0 aromatic heterocycles. The highest BCUT2D eigenvalue weighted by molar-refractivity contribution is 5.86. The Balaban J connectivity index is 2.66. The zero-order chi connectivity index (χ0) is 12.6. The number of rotatable bonds is 1. The van der Waals surface area contributed by atoms with Crippen LogP contribution in [0.4, 0.5) is 0 Å². The van der Waals surface area contributed by atoms with Crippen molar-refractivity contribution < 1.29 is 9.84 Å². The number of fused-ring (bicyclic) bond motifs is 1. The molecule has 0 fully saturated rings. The molecule has 0 amide bonds. The molecule has 0 heterocycles. The number of phenols is 1. The van der Waals surface area contributed by atoms with Crippen molar-refractivity contribution in [3.05, 3.63) is 35.9 Å². The van der Waals surface area contributed by atoms with Gasteiger partial charge in [-0.3, -0.25) is 0 Å². The van der Waals surface area contributed by atoms with E-state index in [1.54, 1.807) is 13.2 Å². The number of aromatic hydroxyl groups is 1. The minimum Gasteiger partial charge on any atom is -0.508 e. The average molecular weight is 230 g/mol. The van der Waals surface area contributed by atoms with Crippen LogP contribution in [0, 0.1) is 0 Å². The quantitative estimate of drug-likeness (QED) is 0.806. The number of ether oxygens (including phenoxy) is 1. The fraction of sp³-hybridized carbons (Fsp3) is 0.333. The molecule has 0 bridgehead atoms. The Kier molecular flexibility index (Phi) is 2.74. The smallest absolute Gasteiger partial charge is 0.119 e. The fourth-order valence-corrected chi connectivity index (χ4v) is 1.99. The summed E-state index contributed by atoms with van der Waals surface area (Å²) in [5, 5.41) is 12.2. The van der Waals surface area contributed by atoms with Gasteiger partial charge in [0.1, 0.15) is 11.5 Å². The Labute approximate surface area is 102 Å². The summed E-state index contributed by atoms with van der Waals surface area (Å²) in [6.45, 7) is 6.28. The lowest BCUT2D eigenvalue weighted by molar-refractivity contribution is 0.415. The Bertz CT molecular complexity index is 551. The fourth-order valence-electron chi connectivity index (χ4n) is 1.99. The summed E-state index contributed by atoms with van der Waals surface area (Å²) in [6, 6.07) is 9.73. The van der Waals surface area contributed by atoms with Crippen LogP contribution < -0.4 is 4.74 Å². The number of benzene rings is 2. The Morgan fingerprint density at radius 1 is 1.00 bits per heavy atom. The molecule has 17 heavy (non-hydrogen) atoms. The van der Waals surface area contributed by atoms with E-state index >= 15 is 0 Å². The zero-order valence-electron chi connectivity index (χ0n) is 10.7. The topological polar surface area (TPSA) is 29.5 Å². The normalized spacial score (nSPS) is 11.8. The van der Waals surface area contributed by atoms with Gasteiger partial charge < -0.3 is 9.84 Å². The van der Waals surface area contributed by atoms with Crippen LogP contribution in [0.3, 0.4) is 0 Å². The molecule has 0 unspecified atom stereocenters. The summed E-state index contributed by atoms with van der Waals surface area (Å²) >= 11 is 0. The van der Waals surface area contributed by atoms with Crippen molar-refractivity contribution in [2.24, 2.45) is 0 Å². The van der Waals surface area contributed by atoms with E-state index < -0.39 is 0 Å². The molecule has 1 N–H and O–H groups in total. The summed E-state index contributed by atoms with van der Waals surface area (Å²) in [5.41, 5.74) is 0.910. The van der Waals surface area contributed by atoms with Gasteiger partial charge in [-0.15, -0.1) is 0 Å². The second kappa shape index (κ2) is 3.95. The van der Waals surface area contributed by atoms with Gasteiger partial charge in [-0.25, -0.2) is 0 Å². The standard InChI is InChI=1S/C15H18O2/c1-15(2,3)13-8-10-5-6-12(17-4)7-11(10)9-14(13)16/h5-9,16H,1-4H3. The minimum atomic E-state index is -0.0573. The second-order valence-electron chi connectivity index (χ2n) is 5.33. The van der Waals surface area contributed by atoms with Crippen molar-refractivity contribution in [1.82, 2.24) is 0 Å². The van der Waals surface area contributed by atoms with Crippen LogP contribution in [0.5, 0.6) is 11.5 Å². The van der Waals surface area contributed by atoms with Gasteiger partial charge in [0.25, 0.3) is 0 Å². The molecule has 0 saturated carbocycles. The largest absolute Gasteiger partial charge is 0.508 e. The van der Waals surface area contributed by atoms with Gasteiger partial charge >= 0.3 is 0 Å². The van der Waals surface area contributed by atoms with E-state index in [1.807, 2.05) is 24.3 Å². The summed E-state index contributed by atoms with van der Waals surface area (Å²) < 4.78 is 5.18. The second-order valence-corrected chi connectivity index (χ2v) is 5.33. The number of phenolic OH excluding ortho intramolecular Hbond substituents is 1. The maximum Gasteiger partial charge on any atom is 0.119 e. The molecule has 0 radical (unpaired) electrons. The van der Waals surface area contributed by atoms with Crippen LogP contribution in [0.15, 0.2) is 30.3 Å². The summed E-state index contributed by atoms with van der Waals surface area (Å²) in [5.74, 6) is 1.15. The van der Waals surface area contributed by atoms with Crippen LogP contribution in [-0.2, 0) is 5.41 Å². The van der Waals surface area contributed by atoms with E-state index in [9.17, 15) is 5.11 Å². The molecular weight excluding hydrogens is 212 g/mol. The third-order valence-electron chi connectivity index (χ3n) is 2.97. The highest BCUT2D eigenvalue weighted by atomic mass is 16.5. The molecule has 2 heteroatoms. The minimum absolute atomic E-state index is 0.0573. The SMILES string of the molecule is COc1ccc2cc(C(C)(C)C)c(O)cc2c1. The molecule has 0 aliphatic carbocycles. The van der Waals surface area contributed by atoms with Gasteiger partial charge in [0, 0.05) is 0 Å². The molecule has 0 saturated heterocycles. The monoisotopic (exact) mass is 230 g/mol. The Hall–Kier alpha value is -1.70. The van der Waals surface area contributed by atoms with E-state index in [2.05, 4.69) is 20.8 Å². The summed E-state index contributed by atoms with van der Waals surface area (Å²) in [4.78, 5) is 0. The van der Waals surface area contributed by atoms with Crippen LogP contribution >= 0.6 is 0 Å². The Morgan fingerprint density at radius 3 is 2.29 bits per heavy atom. The molecule has 0 aliphatic heterocycles. The van der Waals surface area contributed by atoms with Gasteiger partial charge in [0.15, 0.2) is 0 Å². The molecule has 2 rings (SSSR count). The van der Waals surface area contributed by atoms with Crippen LogP contribution in [0.2, 0.25) is 0 Å². The first-order valence-corrected chi connectivity index (χ1v) is 5.73. The molecule has 90 valence electrons. The van der Waals surface area contributed by atoms with Crippen molar-refractivity contribution in [2.75, 3.05) is 7.11 Å². The number of hydrogen-bond donors (Lipinski definition) is 1. The summed E-state index contributed by atoms with van der Waals surface area (Å²) in [6.07, 6.45) is 0. The molecular formula is C15H18O2. The maximum absolute atomic E-state index is 10.1. The molecule has 2 aromatic rings. The number of methoxy groups -OCH3 is 1. The van der Waals surface area contributed by atoms with Gasteiger partial charge in [-0.1, -0.05) is 26.8 Å². The lowest BCUT2D eigenvalue weighted by atomic mass is 9.85. The van der Waals surface area contributed by atoms with Crippen LogP contribution in [0.1, 0.15) is 26.3 Å². The molecule has 2 nitrogen and oxygen atoms in total. The van der Waals surface area contributed by atoms with Gasteiger partial charge in [-0.2, -0.15) is 0 Å². The Morgan fingerprint density at radius 2 is 1.71 bits per heavy atom. The van der Waals surface area contributed by atoms with Crippen molar-refractivity contribution >= 4 is 10.8 Å². The van der Waals surface area contributed by atoms with Gasteiger partial charge in [-0.05, 0) is 46.0 Å². The van der Waals surface area contributed by atoms with E-state index in [1.165, 1.54) is 0 Å². The average Bonchev–Trinajstić information content (AvgIpc) is 2.25. The highest BCUT2D eigenvalue weighted by Gasteiger charge is 2.18. The first-order valence-electron chi connectivity index (χ1n) is 5.73. The van der Waals surface area contributed by atoms with E-state index in [4.69, 9.17) is 4.74 Å². The van der Waals surface area contributed by atoms with E-state index in [-0.39, 0.29) is 5.41 Å². The van der Waals surface area contributed by atoms with Crippen LogP contribution in [0.25, 0.3) is 10.8 Å². The maximum atomic E-state index is 10.1. The molecule has 0 atom stereocenters. The van der Waals surface area contributed by atoms with Crippen molar-refractivity contribution in [3.63, 3.8) is 0 Å². The molecule has 2 aromatic carbocycles. The first kappa shape index (κ1) is 11.8. The van der Waals surface area contributed by atoms with E-state index in [0.29, 0.717) is 5.75 Å². The lowest BCUT2D eigenvalue weighted by Crippen LogP contribution is -2.11. The highest BCUT2D eigenvalue weighted by Crippen LogP contribution is 2.35. The molecule has 0 spiro atoms. The first-order chi connectivity index (χ1) is 7.91. The predicted octanol–water partition coefficient (Wildman–Crippen LogP) is 3.85. The lowest BCUT2D eigenvalue weighted by Gasteiger charge is -2.21. The van der Waals surface area contributed by atoms with Crippen LogP contribution in [-0.4, -0.2) is 12.2 Å². The van der Waals surface area contributed by atoms with E-state index in [0.717, 1.165) is 22.1 Å².